The zero-order chi connectivity index (χ0) is 35.6. The lowest BCUT2D eigenvalue weighted by Gasteiger charge is -2.27. The quantitative estimate of drug-likeness (QED) is 0.101. The van der Waals surface area contributed by atoms with E-state index in [4.69, 9.17) is 88.6 Å². The van der Waals surface area contributed by atoms with Gasteiger partial charge in [-0.3, -0.25) is 0 Å². The molecule has 2 saturated carbocycles. The monoisotopic (exact) mass is 782 g/mol. The number of halogens is 6. The zero-order valence-corrected chi connectivity index (χ0v) is 31.4. The Hall–Kier alpha value is -1.94. The van der Waals surface area contributed by atoms with E-state index >= 15 is 0 Å². The van der Waals surface area contributed by atoms with Crippen molar-refractivity contribution in [3.8, 4) is 11.5 Å². The maximum atomic E-state index is 13.4. The van der Waals surface area contributed by atoms with E-state index in [0.29, 0.717) is 11.8 Å². The molecule has 0 radical (unpaired) electrons. The summed E-state index contributed by atoms with van der Waals surface area (Å²) in [4.78, 5) is 52.9. The van der Waals surface area contributed by atoms with Gasteiger partial charge in [-0.25, -0.2) is 19.2 Å². The molecule has 0 amide bonds. The SMILES string of the molecule is CCC1(COC(=O)c2c(Cl)c(Cl)cc(Cl)c2OC(=O)C(=O)Oc2c(Cl)cc(Cl)c(Cl)c2C(=O)OCC2(CC)CCC(C)C2)CCC(C)C1. The molecule has 0 saturated heterocycles. The van der Waals surface area contributed by atoms with Gasteiger partial charge in [-0.2, -0.15) is 0 Å². The highest BCUT2D eigenvalue weighted by Gasteiger charge is 2.40. The molecule has 2 aromatic carbocycles. The van der Waals surface area contributed by atoms with Crippen LogP contribution >= 0.6 is 69.6 Å². The van der Waals surface area contributed by atoms with E-state index in [0.717, 1.165) is 63.5 Å². The Morgan fingerprint density at radius 1 is 0.646 bits per heavy atom. The number of carbonyl (C=O) groups excluding carboxylic acids is 4. The molecule has 14 heteroatoms. The predicted octanol–water partition coefficient (Wildman–Crippen LogP) is 10.9. The number of benzene rings is 2. The molecule has 2 aliphatic rings. The number of esters is 4. The Balaban J connectivity index is 1.56. The van der Waals surface area contributed by atoms with Crippen molar-refractivity contribution in [3.63, 3.8) is 0 Å². The molecule has 4 rings (SSSR count). The highest BCUT2D eigenvalue weighted by molar-refractivity contribution is 6.47. The molecule has 4 atom stereocenters. The minimum atomic E-state index is -1.63. The van der Waals surface area contributed by atoms with Gasteiger partial charge >= 0.3 is 23.9 Å². The first-order valence-corrected chi connectivity index (χ1v) is 18.0. The van der Waals surface area contributed by atoms with Crippen molar-refractivity contribution in [2.24, 2.45) is 22.7 Å². The van der Waals surface area contributed by atoms with Crippen LogP contribution in [0.2, 0.25) is 30.1 Å². The van der Waals surface area contributed by atoms with Gasteiger partial charge in [-0.15, -0.1) is 0 Å². The van der Waals surface area contributed by atoms with Crippen molar-refractivity contribution in [3.05, 3.63) is 53.4 Å². The van der Waals surface area contributed by atoms with Crippen LogP contribution in [0.3, 0.4) is 0 Å². The van der Waals surface area contributed by atoms with Crippen LogP contribution in [-0.4, -0.2) is 37.1 Å². The number of carbonyl (C=O) groups is 4. The van der Waals surface area contributed by atoms with Crippen molar-refractivity contribution in [1.82, 2.24) is 0 Å². The Morgan fingerprint density at radius 3 is 1.29 bits per heavy atom. The fourth-order valence-electron chi connectivity index (χ4n) is 6.67. The van der Waals surface area contributed by atoms with Gasteiger partial charge in [0.1, 0.15) is 11.1 Å². The summed E-state index contributed by atoms with van der Waals surface area (Å²) in [7, 11) is 0. The molecule has 0 spiro atoms. The maximum absolute atomic E-state index is 13.4. The summed E-state index contributed by atoms with van der Waals surface area (Å²) in [6, 6.07) is 2.28. The second-order valence-electron chi connectivity index (χ2n) is 13.1. The molecule has 262 valence electrons. The topological polar surface area (TPSA) is 105 Å². The smallest absolute Gasteiger partial charge is 0.423 e. The van der Waals surface area contributed by atoms with Gasteiger partial charge in [0.05, 0.1) is 43.3 Å². The molecule has 2 aliphatic carbocycles. The Kier molecular flexibility index (Phi) is 12.9. The molecule has 4 unspecified atom stereocenters. The van der Waals surface area contributed by atoms with Crippen LogP contribution in [0.4, 0.5) is 0 Å². The summed E-state index contributed by atoms with van der Waals surface area (Å²) in [5.74, 6) is -5.36. The number of ether oxygens (including phenoxy) is 4. The largest absolute Gasteiger partial charge is 0.461 e. The van der Waals surface area contributed by atoms with E-state index in [1.807, 2.05) is 13.8 Å². The Labute approximate surface area is 309 Å². The first-order valence-electron chi connectivity index (χ1n) is 15.7. The first kappa shape index (κ1) is 38.9. The van der Waals surface area contributed by atoms with Gasteiger partial charge in [-0.1, -0.05) is 110 Å². The van der Waals surface area contributed by atoms with Gasteiger partial charge in [-0.05, 0) is 62.5 Å². The lowest BCUT2D eigenvalue weighted by atomic mass is 9.83. The molecule has 2 aromatic rings. The third kappa shape index (κ3) is 8.50. The molecule has 0 heterocycles. The summed E-state index contributed by atoms with van der Waals surface area (Å²) in [5, 5.41) is -1.44. The first-order chi connectivity index (χ1) is 22.6. The van der Waals surface area contributed by atoms with E-state index in [2.05, 4.69) is 13.8 Å². The summed E-state index contributed by atoms with van der Waals surface area (Å²) in [6.45, 7) is 8.51. The second-order valence-corrected chi connectivity index (χ2v) is 15.4. The predicted molar refractivity (Wildman–Crippen MR) is 186 cm³/mol. The van der Waals surface area contributed by atoms with Crippen LogP contribution in [-0.2, 0) is 19.1 Å². The van der Waals surface area contributed by atoms with Gasteiger partial charge in [0.15, 0.2) is 11.5 Å². The second kappa shape index (κ2) is 15.9. The number of rotatable bonds is 10. The zero-order valence-electron chi connectivity index (χ0n) is 26.9. The normalized spacial score (nSPS) is 23.5. The minimum absolute atomic E-state index is 0.0929. The van der Waals surface area contributed by atoms with E-state index in [1.165, 1.54) is 0 Å². The fourth-order valence-corrected chi connectivity index (χ4v) is 8.11. The highest BCUT2D eigenvalue weighted by Crippen LogP contribution is 2.47. The lowest BCUT2D eigenvalue weighted by molar-refractivity contribution is -0.156. The van der Waals surface area contributed by atoms with Gasteiger partial charge < -0.3 is 18.9 Å². The van der Waals surface area contributed by atoms with Crippen LogP contribution in [0.5, 0.6) is 11.5 Å². The Bertz CT molecular complexity index is 1500. The van der Waals surface area contributed by atoms with Crippen LogP contribution in [0, 0.1) is 22.7 Å². The third-order valence-corrected chi connectivity index (χ3v) is 11.8. The lowest BCUT2D eigenvalue weighted by Crippen LogP contribution is -2.29. The van der Waals surface area contributed by atoms with Crippen molar-refractivity contribution in [1.29, 1.82) is 0 Å². The van der Waals surface area contributed by atoms with E-state index < -0.39 is 46.5 Å². The van der Waals surface area contributed by atoms with E-state index in [1.54, 1.807) is 0 Å². The molecule has 0 N–H and O–H groups in total. The molecular weight excluding hydrogens is 749 g/mol. The molecule has 48 heavy (non-hydrogen) atoms. The van der Waals surface area contributed by atoms with Crippen molar-refractivity contribution >= 4 is 93.5 Å². The van der Waals surface area contributed by atoms with Gasteiger partial charge in [0.2, 0.25) is 0 Å². The van der Waals surface area contributed by atoms with Crippen LogP contribution in [0.15, 0.2) is 12.1 Å². The summed E-state index contributed by atoms with van der Waals surface area (Å²) < 4.78 is 21.8. The number of hydrogen-bond donors (Lipinski definition) is 0. The molecular formula is C34H36Cl6O8. The molecule has 0 bridgehead atoms. The minimum Gasteiger partial charge on any atom is -0.461 e. The maximum Gasteiger partial charge on any atom is 0.423 e. The molecule has 0 aliphatic heterocycles. The fraction of sp³-hybridized carbons (Fsp3) is 0.529. The van der Waals surface area contributed by atoms with Crippen molar-refractivity contribution < 1.29 is 38.1 Å². The standard InChI is InChI=1S/C34H36Cl6O8/c1-5-33(9-7-17(3)13-33)15-45-29(41)23-25(39)19(35)11-21(37)27(23)47-31(43)32(44)48-28-22(38)12-20(36)26(40)24(28)30(42)46-16-34(6-2)10-8-18(4)14-34/h11-12,17-18H,5-10,13-16H2,1-4H3. The van der Waals surface area contributed by atoms with Crippen LogP contribution in [0.25, 0.3) is 0 Å². The van der Waals surface area contributed by atoms with E-state index in [9.17, 15) is 19.2 Å². The number of hydrogen-bond acceptors (Lipinski definition) is 8. The van der Waals surface area contributed by atoms with Crippen molar-refractivity contribution in [2.75, 3.05) is 13.2 Å². The average molecular weight is 785 g/mol. The Morgan fingerprint density at radius 2 is 1.00 bits per heavy atom. The summed E-state index contributed by atoms with van der Waals surface area (Å²) in [5.41, 5.74) is -1.32. The van der Waals surface area contributed by atoms with Crippen LogP contribution in [0.1, 0.15) is 99.8 Å². The third-order valence-electron chi connectivity index (χ3n) is 9.63. The van der Waals surface area contributed by atoms with Crippen LogP contribution < -0.4 is 9.47 Å². The average Bonchev–Trinajstić information content (AvgIpc) is 3.62. The summed E-state index contributed by atoms with van der Waals surface area (Å²) >= 11 is 37.7. The summed E-state index contributed by atoms with van der Waals surface area (Å²) in [6.07, 6.45) is 7.08. The molecule has 8 nitrogen and oxygen atoms in total. The van der Waals surface area contributed by atoms with Crippen molar-refractivity contribution in [2.45, 2.75) is 79.1 Å². The molecule has 0 aromatic heterocycles. The van der Waals surface area contributed by atoms with E-state index in [-0.39, 0.29) is 54.2 Å². The molecule has 2 fully saturated rings. The highest BCUT2D eigenvalue weighted by atomic mass is 35.5. The van der Waals surface area contributed by atoms with Gasteiger partial charge in [0, 0.05) is 10.8 Å². The van der Waals surface area contributed by atoms with Gasteiger partial charge in [0.25, 0.3) is 0 Å².